The second kappa shape index (κ2) is 13.6. The second-order valence-corrected chi connectivity index (χ2v) is 12.7. The van der Waals surface area contributed by atoms with Gasteiger partial charge in [-0.15, -0.1) is 0 Å². The number of likely N-dealkylation sites (tertiary alicyclic amines) is 1. The first-order chi connectivity index (χ1) is 22.7. The van der Waals surface area contributed by atoms with Gasteiger partial charge in [-0.25, -0.2) is 0 Å². The molecule has 0 aliphatic carbocycles. The summed E-state index contributed by atoms with van der Waals surface area (Å²) in [5.74, 6) is -4.21. The quantitative estimate of drug-likeness (QED) is 0.356. The van der Waals surface area contributed by atoms with Crippen LogP contribution in [0.3, 0.4) is 0 Å². The number of esters is 1. The molecule has 4 heterocycles. The Morgan fingerprint density at radius 3 is 2.53 bits per heavy atom. The van der Waals surface area contributed by atoms with Gasteiger partial charge in [-0.1, -0.05) is 78.4 Å². The minimum Gasteiger partial charge on any atom is -0.455 e. The minimum atomic E-state index is -1.56. The molecule has 0 bridgehead atoms. The van der Waals surface area contributed by atoms with Gasteiger partial charge in [0.25, 0.3) is 5.91 Å². The lowest BCUT2D eigenvalue weighted by Gasteiger charge is -2.37. The molecule has 2 aromatic carbocycles. The molecular formula is C35H38ClN3O8. The summed E-state index contributed by atoms with van der Waals surface area (Å²) in [7, 11) is 1.50. The number of para-hydroxylation sites is 1. The van der Waals surface area contributed by atoms with Gasteiger partial charge in [0.05, 0.1) is 48.0 Å². The van der Waals surface area contributed by atoms with E-state index in [2.05, 4.69) is 5.32 Å². The van der Waals surface area contributed by atoms with Crippen LogP contribution in [0.1, 0.15) is 31.4 Å². The zero-order chi connectivity index (χ0) is 33.3. The SMILES string of the molecule is COC[C@H]1NC(=O)CC/C=C\[C@H]2O[C@]34C=CCN(c5ccccc5Cl)C(=O)[C@H]3N([C@H](C)CO)C(=O)[C@@H]4[C@H]2C(=O)O[C@@H]1c1ccccc1. The number of hydrogen-bond donors (Lipinski definition) is 2. The van der Waals surface area contributed by atoms with Crippen LogP contribution in [-0.4, -0.2) is 90.4 Å². The summed E-state index contributed by atoms with van der Waals surface area (Å²) in [6.07, 6.45) is 5.49. The number of anilines is 1. The molecule has 1 spiro atoms. The van der Waals surface area contributed by atoms with E-state index in [9.17, 15) is 24.3 Å². The molecule has 2 aromatic rings. The van der Waals surface area contributed by atoms with Crippen molar-refractivity contribution < 1.29 is 38.5 Å². The fourth-order valence-corrected chi connectivity index (χ4v) is 7.52. The molecule has 248 valence electrons. The van der Waals surface area contributed by atoms with Gasteiger partial charge in [0, 0.05) is 20.1 Å². The molecule has 12 heteroatoms. The molecule has 4 aliphatic rings. The first-order valence-corrected chi connectivity index (χ1v) is 16.1. The van der Waals surface area contributed by atoms with E-state index >= 15 is 0 Å². The highest BCUT2D eigenvalue weighted by Gasteiger charge is 2.72. The van der Waals surface area contributed by atoms with Crippen LogP contribution in [0.5, 0.6) is 0 Å². The van der Waals surface area contributed by atoms with Crippen molar-refractivity contribution in [2.75, 3.05) is 31.8 Å². The molecule has 8 atom stereocenters. The van der Waals surface area contributed by atoms with Gasteiger partial charge in [-0.2, -0.15) is 0 Å². The molecule has 6 rings (SSSR count). The average Bonchev–Trinajstić information content (AvgIpc) is 3.46. The highest BCUT2D eigenvalue weighted by atomic mass is 35.5. The normalized spacial score (nSPS) is 32.3. The number of hydrogen-bond acceptors (Lipinski definition) is 8. The lowest BCUT2D eigenvalue weighted by molar-refractivity contribution is -0.162. The Hall–Kier alpha value is -4.03. The second-order valence-electron chi connectivity index (χ2n) is 12.3. The lowest BCUT2D eigenvalue weighted by Crippen LogP contribution is -2.57. The van der Waals surface area contributed by atoms with Crippen LogP contribution in [-0.2, 0) is 33.4 Å². The van der Waals surface area contributed by atoms with Gasteiger partial charge < -0.3 is 34.4 Å². The number of aliphatic hydroxyl groups excluding tert-OH is 1. The number of amides is 3. The Labute approximate surface area is 278 Å². The van der Waals surface area contributed by atoms with E-state index in [1.54, 1.807) is 79.8 Å². The monoisotopic (exact) mass is 663 g/mol. The largest absolute Gasteiger partial charge is 0.455 e. The summed E-state index contributed by atoms with van der Waals surface area (Å²) < 4.78 is 18.4. The molecule has 0 radical (unpaired) electrons. The molecule has 47 heavy (non-hydrogen) atoms. The van der Waals surface area contributed by atoms with E-state index in [0.29, 0.717) is 22.7 Å². The molecule has 2 N–H and O–H groups in total. The van der Waals surface area contributed by atoms with E-state index in [1.165, 1.54) is 16.9 Å². The van der Waals surface area contributed by atoms with E-state index in [1.807, 2.05) is 6.07 Å². The van der Waals surface area contributed by atoms with Crippen LogP contribution >= 0.6 is 11.6 Å². The van der Waals surface area contributed by atoms with Crippen molar-refractivity contribution in [3.05, 3.63) is 89.5 Å². The number of nitrogens with zero attached hydrogens (tertiary/aromatic N) is 2. The summed E-state index contributed by atoms with van der Waals surface area (Å²) in [5, 5.41) is 13.6. The number of carbonyl (C=O) groups is 4. The number of ether oxygens (including phenoxy) is 3. The molecule has 4 aliphatic heterocycles. The van der Waals surface area contributed by atoms with Crippen molar-refractivity contribution in [1.29, 1.82) is 0 Å². The molecule has 11 nitrogen and oxygen atoms in total. The third kappa shape index (κ3) is 5.86. The minimum absolute atomic E-state index is 0.0598. The van der Waals surface area contributed by atoms with Crippen molar-refractivity contribution in [2.45, 2.75) is 55.7 Å². The third-order valence-corrected chi connectivity index (χ3v) is 9.70. The maximum atomic E-state index is 14.6. The van der Waals surface area contributed by atoms with Crippen LogP contribution in [0.2, 0.25) is 5.02 Å². The lowest BCUT2D eigenvalue weighted by atomic mass is 9.77. The van der Waals surface area contributed by atoms with E-state index in [0.717, 1.165) is 0 Å². The van der Waals surface area contributed by atoms with Crippen molar-refractivity contribution in [3.63, 3.8) is 0 Å². The molecule has 0 saturated carbocycles. The third-order valence-electron chi connectivity index (χ3n) is 9.38. The highest BCUT2D eigenvalue weighted by molar-refractivity contribution is 6.34. The van der Waals surface area contributed by atoms with Crippen molar-refractivity contribution in [3.8, 4) is 0 Å². The Morgan fingerprint density at radius 2 is 1.81 bits per heavy atom. The number of carbonyl (C=O) groups excluding carboxylic acids is 4. The topological polar surface area (TPSA) is 135 Å². The first kappa shape index (κ1) is 32.9. The molecular weight excluding hydrogens is 626 g/mol. The van der Waals surface area contributed by atoms with Gasteiger partial charge in [0.1, 0.15) is 23.7 Å². The summed E-state index contributed by atoms with van der Waals surface area (Å²) in [5.41, 5.74) is -0.467. The van der Waals surface area contributed by atoms with Gasteiger partial charge in [-0.05, 0) is 31.0 Å². The molecule has 3 amide bonds. The number of halogens is 1. The maximum absolute atomic E-state index is 14.6. The Bertz CT molecular complexity index is 1580. The van der Waals surface area contributed by atoms with Crippen LogP contribution in [0.4, 0.5) is 5.69 Å². The summed E-state index contributed by atoms with van der Waals surface area (Å²) >= 11 is 6.53. The molecule has 2 saturated heterocycles. The van der Waals surface area contributed by atoms with E-state index in [-0.39, 0.29) is 25.5 Å². The standard InChI is InChI=1S/C35H38ClN3O8/c1-21(19-40)39-31-33(43)38(25-14-7-6-13-23(25)36)18-10-17-35(31)29(32(39)42)28-26(47-35)15-8-9-16-27(41)37-24(20-45-2)30(46-34(28)44)22-11-4-3-5-12-22/h3-8,10-15,17,21,24,26,28-31,40H,9,16,18-20H2,1-2H3,(H,37,41)/b15-8-/t21-,24-,26-,28+,29+,30-,31-,35+/m1/s1. The zero-order valence-corrected chi connectivity index (χ0v) is 26.9. The summed E-state index contributed by atoms with van der Waals surface area (Å²) in [6.45, 7) is 1.44. The molecule has 0 aromatic heterocycles. The average molecular weight is 664 g/mol. The number of nitrogens with one attached hydrogen (secondary N) is 1. The fraction of sp³-hybridized carbons (Fsp3) is 0.429. The predicted molar refractivity (Wildman–Crippen MR) is 172 cm³/mol. The van der Waals surface area contributed by atoms with Crippen LogP contribution in [0.15, 0.2) is 78.9 Å². The Balaban J connectivity index is 1.46. The maximum Gasteiger partial charge on any atom is 0.313 e. The smallest absolute Gasteiger partial charge is 0.313 e. The molecule has 2 fully saturated rings. The van der Waals surface area contributed by atoms with Gasteiger partial charge in [0.15, 0.2) is 0 Å². The first-order valence-electron chi connectivity index (χ1n) is 15.8. The summed E-state index contributed by atoms with van der Waals surface area (Å²) in [6, 6.07) is 13.2. The summed E-state index contributed by atoms with van der Waals surface area (Å²) in [4.78, 5) is 59.4. The van der Waals surface area contributed by atoms with E-state index in [4.69, 9.17) is 25.8 Å². The van der Waals surface area contributed by atoms with Crippen LogP contribution in [0, 0.1) is 11.8 Å². The van der Waals surface area contributed by atoms with Gasteiger partial charge in [0.2, 0.25) is 11.8 Å². The number of allylic oxidation sites excluding steroid dienone is 1. The van der Waals surface area contributed by atoms with E-state index < -0.39 is 72.2 Å². The number of benzene rings is 2. The number of fused-ring (bicyclic) bond motifs is 2. The van der Waals surface area contributed by atoms with Crippen LogP contribution < -0.4 is 10.2 Å². The van der Waals surface area contributed by atoms with Crippen LogP contribution in [0.25, 0.3) is 0 Å². The predicted octanol–water partition coefficient (Wildman–Crippen LogP) is 2.97. The van der Waals surface area contributed by atoms with Crippen molar-refractivity contribution in [1.82, 2.24) is 10.2 Å². The van der Waals surface area contributed by atoms with Crippen molar-refractivity contribution >= 4 is 41.0 Å². The van der Waals surface area contributed by atoms with Crippen molar-refractivity contribution in [2.24, 2.45) is 11.8 Å². The zero-order valence-electron chi connectivity index (χ0n) is 26.2. The fourth-order valence-electron chi connectivity index (χ4n) is 7.28. The van der Waals surface area contributed by atoms with Gasteiger partial charge >= 0.3 is 5.97 Å². The number of aliphatic hydroxyl groups is 1. The highest BCUT2D eigenvalue weighted by Crippen LogP contribution is 2.54. The molecule has 0 unspecified atom stereocenters. The number of cyclic esters (lactones) is 1. The number of rotatable bonds is 6. The van der Waals surface area contributed by atoms with Gasteiger partial charge in [-0.3, -0.25) is 19.2 Å². The Kier molecular flexibility index (Phi) is 9.52. The Morgan fingerprint density at radius 1 is 1.06 bits per heavy atom. The number of methoxy groups -OCH3 is 1.